The number of carbonyl (C=O) groups is 1. The highest BCUT2D eigenvalue weighted by molar-refractivity contribution is 5.92. The monoisotopic (exact) mass is 566 g/mol. The van der Waals surface area contributed by atoms with Crippen LogP contribution in [-0.4, -0.2) is 47.4 Å². The van der Waals surface area contributed by atoms with E-state index in [2.05, 4.69) is 26.7 Å². The van der Waals surface area contributed by atoms with E-state index in [9.17, 15) is 10.1 Å². The van der Waals surface area contributed by atoms with E-state index in [1.54, 1.807) is 10.7 Å². The number of carbonyl (C=O) groups excluding carboxylic acids is 1. The van der Waals surface area contributed by atoms with Gasteiger partial charge in [-0.1, -0.05) is 56.4 Å². The number of hydrogen-bond acceptors (Lipinski definition) is 7. The van der Waals surface area contributed by atoms with Crippen molar-refractivity contribution in [2.75, 3.05) is 37.4 Å². The molecule has 2 aromatic carbocycles. The van der Waals surface area contributed by atoms with Crippen molar-refractivity contribution in [3.8, 4) is 17.6 Å². The maximum atomic E-state index is 12.5. The number of para-hydroxylation sites is 1. The molecule has 0 unspecified atom stereocenters. The molecule has 0 fully saturated rings. The molecule has 0 atom stereocenters. The Bertz CT molecular complexity index is 1540. The molecule has 4 aromatic rings. The van der Waals surface area contributed by atoms with Gasteiger partial charge in [-0.3, -0.25) is 10.2 Å². The lowest BCUT2D eigenvalue weighted by molar-refractivity contribution is 0.148. The van der Waals surface area contributed by atoms with Crippen LogP contribution in [0.25, 0.3) is 5.52 Å². The fourth-order valence-electron chi connectivity index (χ4n) is 3.96. The van der Waals surface area contributed by atoms with Crippen molar-refractivity contribution in [1.82, 2.24) is 14.5 Å². The molecular formula is C33H38N6O3. The summed E-state index contributed by atoms with van der Waals surface area (Å²) in [5.41, 5.74) is 3.69. The zero-order valence-electron chi connectivity index (χ0n) is 24.8. The number of ether oxygens (including phenoxy) is 2. The van der Waals surface area contributed by atoms with Gasteiger partial charge in [-0.05, 0) is 57.3 Å². The second kappa shape index (κ2) is 16.3. The minimum atomic E-state index is -0.555. The predicted octanol–water partition coefficient (Wildman–Crippen LogP) is 7.69. The second-order valence-corrected chi connectivity index (χ2v) is 9.05. The van der Waals surface area contributed by atoms with Gasteiger partial charge >= 0.3 is 6.09 Å². The van der Waals surface area contributed by atoms with Crippen LogP contribution in [0.2, 0.25) is 0 Å². The van der Waals surface area contributed by atoms with Gasteiger partial charge in [-0.2, -0.15) is 10.4 Å². The van der Waals surface area contributed by atoms with Crippen LogP contribution in [0.3, 0.4) is 0 Å². The number of nitrogens with one attached hydrogen (secondary N) is 2. The summed E-state index contributed by atoms with van der Waals surface area (Å²) in [6, 6.07) is 19.2. The van der Waals surface area contributed by atoms with Gasteiger partial charge in [0.15, 0.2) is 0 Å². The zero-order chi connectivity index (χ0) is 30.3. The van der Waals surface area contributed by atoms with Gasteiger partial charge in [0.25, 0.3) is 0 Å². The van der Waals surface area contributed by atoms with Crippen LogP contribution < -0.4 is 15.4 Å². The molecule has 9 heteroatoms. The summed E-state index contributed by atoms with van der Waals surface area (Å²) >= 11 is 0. The average molecular weight is 567 g/mol. The number of rotatable bonds is 11. The molecule has 9 nitrogen and oxygen atoms in total. The van der Waals surface area contributed by atoms with Gasteiger partial charge < -0.3 is 14.8 Å². The lowest BCUT2D eigenvalue weighted by Gasteiger charge is -2.14. The maximum absolute atomic E-state index is 12.5. The first-order valence-corrected chi connectivity index (χ1v) is 13.9. The summed E-state index contributed by atoms with van der Waals surface area (Å²) in [5.74, 6) is 1.44. The normalized spacial score (nSPS) is 10.9. The number of hydrogen-bond donors (Lipinski definition) is 2. The predicted molar refractivity (Wildman–Crippen MR) is 169 cm³/mol. The molecule has 0 aliphatic heterocycles. The zero-order valence-corrected chi connectivity index (χ0v) is 24.8. The number of amides is 1. The molecule has 0 saturated carbocycles. The van der Waals surface area contributed by atoms with E-state index < -0.39 is 6.09 Å². The van der Waals surface area contributed by atoms with Crippen LogP contribution in [0, 0.1) is 18.3 Å². The Morgan fingerprint density at radius 1 is 1.10 bits per heavy atom. The third-order valence-electron chi connectivity index (χ3n) is 6.08. The van der Waals surface area contributed by atoms with Gasteiger partial charge in [0.1, 0.15) is 24.2 Å². The van der Waals surface area contributed by atoms with Crippen LogP contribution in [0.1, 0.15) is 31.9 Å². The van der Waals surface area contributed by atoms with E-state index in [1.165, 1.54) is 6.20 Å². The number of nitrogens with zero attached hydrogens (tertiary/aromatic N) is 4. The number of fused-ring (bicyclic) bond motifs is 1. The lowest BCUT2D eigenvalue weighted by Crippen LogP contribution is -2.25. The average Bonchev–Trinajstić information content (AvgIpc) is 3.32. The molecule has 218 valence electrons. The Kier molecular flexibility index (Phi) is 12.2. The molecule has 2 heterocycles. The van der Waals surface area contributed by atoms with E-state index in [4.69, 9.17) is 9.47 Å². The summed E-state index contributed by atoms with van der Waals surface area (Å²) in [5, 5.41) is 20.3. The highest BCUT2D eigenvalue weighted by atomic mass is 16.5. The Balaban J connectivity index is 0.00000237. The van der Waals surface area contributed by atoms with Crippen LogP contribution in [-0.2, 0) is 4.74 Å². The Labute approximate surface area is 247 Å². The second-order valence-electron chi connectivity index (χ2n) is 9.05. The SMILES string of the molecule is C/C=C\C=C/CN(C)CCOC(=O)Nc1cn2ncc(C#N)c(Nc3ccc(Oc4ccccc4)cc3)c2c1C.CC. The smallest absolute Gasteiger partial charge is 0.411 e. The summed E-state index contributed by atoms with van der Waals surface area (Å²) < 4.78 is 12.9. The first-order chi connectivity index (χ1) is 20.5. The third-order valence-corrected chi connectivity index (χ3v) is 6.08. The largest absolute Gasteiger partial charge is 0.457 e. The number of aryl methyl sites for hydroxylation is 1. The molecule has 42 heavy (non-hydrogen) atoms. The Morgan fingerprint density at radius 3 is 2.50 bits per heavy atom. The summed E-state index contributed by atoms with van der Waals surface area (Å²) in [4.78, 5) is 14.6. The number of aromatic nitrogens is 2. The maximum Gasteiger partial charge on any atom is 0.411 e. The van der Waals surface area contributed by atoms with E-state index in [0.717, 1.165) is 23.5 Å². The molecule has 1 amide bonds. The van der Waals surface area contributed by atoms with Crippen LogP contribution in [0.5, 0.6) is 11.5 Å². The summed E-state index contributed by atoms with van der Waals surface area (Å²) in [6.07, 6.45) is 10.6. The minimum Gasteiger partial charge on any atom is -0.457 e. The third kappa shape index (κ3) is 8.71. The molecule has 0 radical (unpaired) electrons. The van der Waals surface area contributed by atoms with Crippen molar-refractivity contribution in [2.24, 2.45) is 0 Å². The quantitative estimate of drug-likeness (QED) is 0.179. The number of likely N-dealkylation sites (N-methyl/N-ethyl adjacent to an activating group) is 1. The Hall–Kier alpha value is -5.07. The van der Waals surface area contributed by atoms with E-state index in [0.29, 0.717) is 34.7 Å². The van der Waals surface area contributed by atoms with Crippen LogP contribution >= 0.6 is 0 Å². The molecule has 0 spiro atoms. The van der Waals surface area contributed by atoms with Gasteiger partial charge in [0, 0.05) is 24.3 Å². The Morgan fingerprint density at radius 2 is 1.81 bits per heavy atom. The molecule has 2 N–H and O–H groups in total. The van der Waals surface area contributed by atoms with Gasteiger partial charge in [0.05, 0.1) is 34.8 Å². The van der Waals surface area contributed by atoms with E-state index >= 15 is 0 Å². The highest BCUT2D eigenvalue weighted by Gasteiger charge is 2.18. The molecule has 0 aliphatic rings. The minimum absolute atomic E-state index is 0.250. The summed E-state index contributed by atoms with van der Waals surface area (Å²) in [7, 11) is 1.96. The van der Waals surface area contributed by atoms with Crippen molar-refractivity contribution in [2.45, 2.75) is 27.7 Å². The number of benzene rings is 2. The van der Waals surface area contributed by atoms with Crippen LogP contribution in [0.4, 0.5) is 21.9 Å². The number of allylic oxidation sites excluding steroid dienone is 3. The number of nitriles is 1. The molecule has 0 bridgehead atoms. The highest BCUT2D eigenvalue weighted by Crippen LogP contribution is 2.33. The molecule has 4 rings (SSSR count). The first kappa shape index (κ1) is 31.5. The molecule has 0 aliphatic carbocycles. The molecule has 2 aromatic heterocycles. The number of anilines is 3. The molecule has 0 saturated heterocycles. The standard InChI is InChI=1S/C31H32N6O3.C2H6/c1-4-5-6-10-17-36(3)18-19-39-31(38)35-28-22-37-30(23(28)2)29(24(20-32)21-33-37)34-25-13-15-27(16-14-25)40-26-11-8-7-9-12-26;1-2/h4-16,21-22,34H,17-19H2,1-3H3,(H,35,38);1-2H3/b5-4-,10-6-;. The van der Waals surface area contributed by atoms with Crippen LogP contribution in [0.15, 0.2) is 91.3 Å². The van der Waals surface area contributed by atoms with E-state index in [1.807, 2.05) is 114 Å². The fourth-order valence-corrected chi connectivity index (χ4v) is 3.96. The first-order valence-electron chi connectivity index (χ1n) is 13.9. The topological polar surface area (TPSA) is 104 Å². The van der Waals surface area contributed by atoms with Crippen molar-refractivity contribution >= 4 is 28.7 Å². The van der Waals surface area contributed by atoms with Gasteiger partial charge in [-0.25, -0.2) is 9.31 Å². The van der Waals surface area contributed by atoms with Gasteiger partial charge in [0.2, 0.25) is 0 Å². The van der Waals surface area contributed by atoms with Gasteiger partial charge in [-0.15, -0.1) is 0 Å². The van der Waals surface area contributed by atoms with Crippen molar-refractivity contribution in [3.63, 3.8) is 0 Å². The summed E-state index contributed by atoms with van der Waals surface area (Å²) in [6.45, 7) is 9.43. The fraction of sp³-hybridized carbons (Fsp3) is 0.242. The van der Waals surface area contributed by atoms with E-state index in [-0.39, 0.29) is 6.61 Å². The molecular weight excluding hydrogens is 528 g/mol. The van der Waals surface area contributed by atoms with Crippen molar-refractivity contribution in [3.05, 3.63) is 102 Å². The lowest BCUT2D eigenvalue weighted by atomic mass is 10.1. The van der Waals surface area contributed by atoms with Crippen molar-refractivity contribution in [1.29, 1.82) is 5.26 Å². The van der Waals surface area contributed by atoms with Crippen molar-refractivity contribution < 1.29 is 14.3 Å².